The molecule has 0 saturated heterocycles. The van der Waals surface area contributed by atoms with Crippen molar-refractivity contribution in [2.24, 2.45) is 11.8 Å². The zero-order valence-electron chi connectivity index (χ0n) is 12.7. The van der Waals surface area contributed by atoms with Crippen LogP contribution in [0, 0.1) is 11.8 Å². The number of oxazole rings is 1. The Labute approximate surface area is 115 Å². The summed E-state index contributed by atoms with van der Waals surface area (Å²) >= 11 is 0. The van der Waals surface area contributed by atoms with E-state index in [2.05, 4.69) is 32.7 Å². The van der Waals surface area contributed by atoms with Gasteiger partial charge in [-0.1, -0.05) is 34.1 Å². The first kappa shape index (κ1) is 15.7. The van der Waals surface area contributed by atoms with Crippen molar-refractivity contribution in [1.82, 2.24) is 4.98 Å². The van der Waals surface area contributed by atoms with E-state index in [1.165, 1.54) is 0 Å². The van der Waals surface area contributed by atoms with Gasteiger partial charge in [-0.05, 0) is 25.2 Å². The van der Waals surface area contributed by atoms with Crippen LogP contribution in [0.15, 0.2) is 4.42 Å². The molecule has 108 valence electrons. The van der Waals surface area contributed by atoms with Crippen LogP contribution in [0.1, 0.15) is 63.2 Å². The van der Waals surface area contributed by atoms with Crippen molar-refractivity contribution in [3.05, 3.63) is 17.3 Å². The van der Waals surface area contributed by atoms with Crippen LogP contribution in [0.2, 0.25) is 0 Å². The highest BCUT2D eigenvalue weighted by Crippen LogP contribution is 2.19. The van der Waals surface area contributed by atoms with Gasteiger partial charge in [-0.2, -0.15) is 0 Å². The third-order valence-electron chi connectivity index (χ3n) is 3.02. The Morgan fingerprint density at radius 1 is 1.26 bits per heavy atom. The molecule has 0 radical (unpaired) electrons. The van der Waals surface area contributed by atoms with Crippen molar-refractivity contribution in [1.29, 1.82) is 0 Å². The molecule has 0 aliphatic heterocycles. The molecule has 0 aliphatic carbocycles. The Bertz CT molecular complexity index is 410. The molecule has 0 spiro atoms. The minimum absolute atomic E-state index is 0.286. The lowest BCUT2D eigenvalue weighted by Crippen LogP contribution is -2.08. The van der Waals surface area contributed by atoms with Crippen LogP contribution < -0.4 is 0 Å². The molecule has 0 fully saturated rings. The molecule has 0 N–H and O–H groups in total. The Morgan fingerprint density at radius 3 is 2.47 bits per heavy atom. The van der Waals surface area contributed by atoms with E-state index >= 15 is 0 Å². The van der Waals surface area contributed by atoms with Crippen molar-refractivity contribution in [2.75, 3.05) is 6.61 Å². The third-order valence-corrected chi connectivity index (χ3v) is 3.02. The number of aromatic nitrogens is 1. The van der Waals surface area contributed by atoms with Gasteiger partial charge in [-0.25, -0.2) is 9.78 Å². The molecule has 0 saturated carbocycles. The number of rotatable bonds is 7. The smallest absolute Gasteiger partial charge is 0.376 e. The first-order valence-corrected chi connectivity index (χ1v) is 7.13. The van der Waals surface area contributed by atoms with Gasteiger partial charge in [-0.15, -0.1) is 0 Å². The molecular formula is C15H25NO3. The van der Waals surface area contributed by atoms with E-state index < -0.39 is 5.97 Å². The SMILES string of the molecule is CCOC(=O)c1oc(CC(C)CC)nc1CC(C)C. The Balaban J connectivity index is 2.94. The highest BCUT2D eigenvalue weighted by Gasteiger charge is 2.22. The second kappa shape index (κ2) is 7.31. The minimum atomic E-state index is -0.402. The Hall–Kier alpha value is -1.32. The molecule has 1 aromatic rings. The maximum absolute atomic E-state index is 11.9. The molecule has 1 heterocycles. The number of hydrogen-bond acceptors (Lipinski definition) is 4. The van der Waals surface area contributed by atoms with Crippen molar-refractivity contribution in [3.63, 3.8) is 0 Å². The quantitative estimate of drug-likeness (QED) is 0.708. The normalized spacial score (nSPS) is 12.7. The zero-order valence-corrected chi connectivity index (χ0v) is 12.7. The van der Waals surface area contributed by atoms with Crippen molar-refractivity contribution in [3.8, 4) is 0 Å². The molecule has 0 aliphatic rings. The van der Waals surface area contributed by atoms with Crippen LogP contribution in [0.25, 0.3) is 0 Å². The maximum Gasteiger partial charge on any atom is 0.376 e. The van der Waals surface area contributed by atoms with Crippen LogP contribution in [0.3, 0.4) is 0 Å². The largest absolute Gasteiger partial charge is 0.460 e. The van der Waals surface area contributed by atoms with Gasteiger partial charge in [0.2, 0.25) is 5.76 Å². The average molecular weight is 267 g/mol. The van der Waals surface area contributed by atoms with Gasteiger partial charge in [0.25, 0.3) is 0 Å². The number of ether oxygens (including phenoxy) is 1. The van der Waals surface area contributed by atoms with Gasteiger partial charge in [0.05, 0.1) is 12.3 Å². The molecular weight excluding hydrogens is 242 g/mol. The van der Waals surface area contributed by atoms with E-state index in [4.69, 9.17) is 9.15 Å². The minimum Gasteiger partial charge on any atom is -0.460 e. The molecule has 1 unspecified atom stereocenters. The van der Waals surface area contributed by atoms with Crippen molar-refractivity contribution >= 4 is 5.97 Å². The van der Waals surface area contributed by atoms with E-state index in [1.54, 1.807) is 6.92 Å². The summed E-state index contributed by atoms with van der Waals surface area (Å²) in [6.45, 7) is 10.6. The number of nitrogens with zero attached hydrogens (tertiary/aromatic N) is 1. The topological polar surface area (TPSA) is 52.3 Å². The predicted octanol–water partition coefficient (Wildman–Crippen LogP) is 3.64. The summed E-state index contributed by atoms with van der Waals surface area (Å²) in [5.41, 5.74) is 0.728. The first-order chi connectivity index (χ1) is 8.97. The second-order valence-electron chi connectivity index (χ2n) is 5.42. The van der Waals surface area contributed by atoms with E-state index in [0.717, 1.165) is 25.0 Å². The Morgan fingerprint density at radius 2 is 1.95 bits per heavy atom. The van der Waals surface area contributed by atoms with Crippen LogP contribution in [0.5, 0.6) is 0 Å². The standard InChI is InChI=1S/C15H25NO3/c1-6-11(5)9-13-16-12(8-10(3)4)14(19-13)15(17)18-7-2/h10-11H,6-9H2,1-5H3. The third kappa shape index (κ3) is 4.69. The molecule has 0 bridgehead atoms. The van der Waals surface area contributed by atoms with E-state index in [0.29, 0.717) is 24.3 Å². The fourth-order valence-electron chi connectivity index (χ4n) is 1.81. The fourth-order valence-corrected chi connectivity index (χ4v) is 1.81. The van der Waals surface area contributed by atoms with Gasteiger partial charge < -0.3 is 9.15 Å². The number of hydrogen-bond donors (Lipinski definition) is 0. The average Bonchev–Trinajstić information content (AvgIpc) is 2.71. The first-order valence-electron chi connectivity index (χ1n) is 7.13. The maximum atomic E-state index is 11.9. The molecule has 0 aromatic carbocycles. The summed E-state index contributed by atoms with van der Waals surface area (Å²) in [6.07, 6.45) is 2.57. The summed E-state index contributed by atoms with van der Waals surface area (Å²) in [5, 5.41) is 0. The summed E-state index contributed by atoms with van der Waals surface area (Å²) in [7, 11) is 0. The van der Waals surface area contributed by atoms with Gasteiger partial charge in [-0.3, -0.25) is 0 Å². The zero-order chi connectivity index (χ0) is 14.4. The fraction of sp³-hybridized carbons (Fsp3) is 0.733. The molecule has 0 amide bonds. The van der Waals surface area contributed by atoms with E-state index in [9.17, 15) is 4.79 Å². The number of carbonyl (C=O) groups excluding carboxylic acids is 1. The van der Waals surface area contributed by atoms with Gasteiger partial charge in [0, 0.05) is 6.42 Å². The van der Waals surface area contributed by atoms with E-state index in [-0.39, 0.29) is 5.76 Å². The molecule has 1 atom stereocenters. The number of carbonyl (C=O) groups is 1. The lowest BCUT2D eigenvalue weighted by molar-refractivity contribution is 0.0485. The van der Waals surface area contributed by atoms with Crippen molar-refractivity contribution in [2.45, 2.75) is 53.9 Å². The number of esters is 1. The van der Waals surface area contributed by atoms with Crippen LogP contribution in [-0.2, 0) is 17.6 Å². The van der Waals surface area contributed by atoms with E-state index in [1.807, 2.05) is 0 Å². The van der Waals surface area contributed by atoms with Gasteiger partial charge >= 0.3 is 5.97 Å². The summed E-state index contributed by atoms with van der Waals surface area (Å²) in [6, 6.07) is 0. The summed E-state index contributed by atoms with van der Waals surface area (Å²) in [5.74, 6) is 1.46. The van der Waals surface area contributed by atoms with Crippen molar-refractivity contribution < 1.29 is 13.9 Å². The predicted molar refractivity (Wildman–Crippen MR) is 74.2 cm³/mol. The lowest BCUT2D eigenvalue weighted by Gasteiger charge is -2.03. The molecule has 1 rings (SSSR count). The molecule has 4 nitrogen and oxygen atoms in total. The Kier molecular flexibility index (Phi) is 6.06. The monoisotopic (exact) mass is 267 g/mol. The van der Waals surface area contributed by atoms with Gasteiger partial charge in [0.15, 0.2) is 5.89 Å². The van der Waals surface area contributed by atoms with Crippen LogP contribution in [0.4, 0.5) is 0 Å². The van der Waals surface area contributed by atoms with Crippen LogP contribution in [-0.4, -0.2) is 17.6 Å². The van der Waals surface area contributed by atoms with Gasteiger partial charge in [0.1, 0.15) is 0 Å². The molecule has 19 heavy (non-hydrogen) atoms. The summed E-state index contributed by atoms with van der Waals surface area (Å²) < 4.78 is 10.6. The lowest BCUT2D eigenvalue weighted by atomic mass is 10.1. The highest BCUT2D eigenvalue weighted by atomic mass is 16.5. The molecule has 1 aromatic heterocycles. The summed E-state index contributed by atoms with van der Waals surface area (Å²) in [4.78, 5) is 16.3. The molecule has 4 heteroatoms. The highest BCUT2D eigenvalue weighted by molar-refractivity contribution is 5.87. The van der Waals surface area contributed by atoms with Crippen LogP contribution >= 0.6 is 0 Å². The second-order valence-corrected chi connectivity index (χ2v) is 5.42.